The van der Waals surface area contributed by atoms with Gasteiger partial charge in [0.15, 0.2) is 15.0 Å². The Labute approximate surface area is 171 Å². The number of carbonyl (C=O) groups is 1. The van der Waals surface area contributed by atoms with Crippen LogP contribution in [0.15, 0.2) is 53.5 Å². The third-order valence-electron chi connectivity index (χ3n) is 4.45. The summed E-state index contributed by atoms with van der Waals surface area (Å²) in [6, 6.07) is 13.4. The van der Waals surface area contributed by atoms with Crippen LogP contribution < -0.4 is 4.90 Å². The van der Waals surface area contributed by atoms with Crippen molar-refractivity contribution in [2.24, 2.45) is 4.99 Å². The maximum atomic E-state index is 12.6. The molecule has 0 spiro atoms. The van der Waals surface area contributed by atoms with Crippen LogP contribution >= 0.6 is 35.0 Å². The summed E-state index contributed by atoms with van der Waals surface area (Å²) < 4.78 is 24.2. The smallest absolute Gasteiger partial charge is 0.279 e. The van der Waals surface area contributed by atoms with Gasteiger partial charge in [0.2, 0.25) is 0 Å². The van der Waals surface area contributed by atoms with Crippen LogP contribution in [0.4, 0.5) is 5.69 Å². The molecule has 2 atom stereocenters. The van der Waals surface area contributed by atoms with Gasteiger partial charge in [-0.2, -0.15) is 4.99 Å². The number of amides is 1. The molecule has 2 saturated heterocycles. The Kier molecular flexibility index (Phi) is 4.96. The fourth-order valence-electron chi connectivity index (χ4n) is 3.25. The van der Waals surface area contributed by atoms with Gasteiger partial charge in [-0.25, -0.2) is 8.42 Å². The highest BCUT2D eigenvalue weighted by atomic mass is 35.5. The molecule has 0 unspecified atom stereocenters. The number of halogens is 2. The highest BCUT2D eigenvalue weighted by Crippen LogP contribution is 2.43. The van der Waals surface area contributed by atoms with Crippen molar-refractivity contribution in [1.29, 1.82) is 0 Å². The maximum Gasteiger partial charge on any atom is 0.279 e. The number of aliphatic imine (C=N–C) groups is 1. The highest BCUT2D eigenvalue weighted by molar-refractivity contribution is 8.16. The van der Waals surface area contributed by atoms with Gasteiger partial charge in [-0.3, -0.25) is 4.79 Å². The van der Waals surface area contributed by atoms with E-state index in [0.717, 1.165) is 0 Å². The van der Waals surface area contributed by atoms with Gasteiger partial charge in [0.25, 0.3) is 5.91 Å². The third-order valence-corrected chi connectivity index (χ3v) is 8.20. The zero-order valence-electron chi connectivity index (χ0n) is 13.9. The minimum atomic E-state index is -3.14. The first kappa shape index (κ1) is 18.8. The second kappa shape index (κ2) is 7.13. The zero-order chi connectivity index (χ0) is 19.2. The predicted octanol–water partition coefficient (Wildman–Crippen LogP) is 3.91. The summed E-state index contributed by atoms with van der Waals surface area (Å²) in [4.78, 5) is 18.6. The summed E-state index contributed by atoms with van der Waals surface area (Å²) in [5.74, 6) is -0.318. The van der Waals surface area contributed by atoms with Gasteiger partial charge in [0.1, 0.15) is 0 Å². The Balaban J connectivity index is 1.76. The van der Waals surface area contributed by atoms with E-state index in [0.29, 0.717) is 26.5 Å². The Morgan fingerprint density at radius 3 is 2.56 bits per heavy atom. The van der Waals surface area contributed by atoms with E-state index in [4.69, 9.17) is 23.2 Å². The maximum absolute atomic E-state index is 12.6. The van der Waals surface area contributed by atoms with E-state index in [9.17, 15) is 13.2 Å². The van der Waals surface area contributed by atoms with Gasteiger partial charge in [-0.1, -0.05) is 53.2 Å². The molecule has 2 aromatic carbocycles. The van der Waals surface area contributed by atoms with Crippen molar-refractivity contribution in [3.63, 3.8) is 0 Å². The normalized spacial score (nSPS) is 25.0. The quantitative estimate of drug-likeness (QED) is 0.707. The fraction of sp³-hybridized carbons (Fsp3) is 0.222. The summed E-state index contributed by atoms with van der Waals surface area (Å²) in [5.41, 5.74) is 1.07. The summed E-state index contributed by atoms with van der Waals surface area (Å²) >= 11 is 13.7. The molecule has 9 heteroatoms. The predicted molar refractivity (Wildman–Crippen MR) is 111 cm³/mol. The molecule has 0 bridgehead atoms. The van der Waals surface area contributed by atoms with Gasteiger partial charge < -0.3 is 4.90 Å². The number of anilines is 1. The Morgan fingerprint density at radius 2 is 1.85 bits per heavy atom. The van der Waals surface area contributed by atoms with Crippen LogP contribution in [0, 0.1) is 0 Å². The van der Waals surface area contributed by atoms with Crippen molar-refractivity contribution in [2.45, 2.75) is 11.3 Å². The lowest BCUT2D eigenvalue weighted by molar-refractivity contribution is 0.100. The number of carbonyl (C=O) groups excluding carboxylic acids is 1. The molecule has 2 aromatic rings. The Morgan fingerprint density at radius 1 is 1.11 bits per heavy atom. The first-order valence-corrected chi connectivity index (χ1v) is 11.6. The summed E-state index contributed by atoms with van der Waals surface area (Å²) in [5, 5.41) is 1.12. The molecule has 2 fully saturated rings. The number of benzene rings is 2. The number of sulfone groups is 1. The van der Waals surface area contributed by atoms with Gasteiger partial charge in [0, 0.05) is 15.8 Å². The molecule has 140 valence electrons. The van der Waals surface area contributed by atoms with Crippen molar-refractivity contribution >= 4 is 61.6 Å². The van der Waals surface area contributed by atoms with Crippen molar-refractivity contribution in [3.05, 3.63) is 64.1 Å². The molecule has 2 aliphatic heterocycles. The molecule has 0 aromatic heterocycles. The lowest BCUT2D eigenvalue weighted by Gasteiger charge is -2.25. The number of nitrogens with zero attached hydrogens (tertiary/aromatic N) is 2. The molecular weight excluding hydrogens is 427 g/mol. The summed E-state index contributed by atoms with van der Waals surface area (Å²) in [6.45, 7) is 0. The van der Waals surface area contributed by atoms with Crippen LogP contribution in [0.5, 0.6) is 0 Å². The highest BCUT2D eigenvalue weighted by Gasteiger charge is 2.49. The van der Waals surface area contributed by atoms with Gasteiger partial charge in [-0.05, 0) is 30.3 Å². The largest absolute Gasteiger partial charge is 0.314 e. The van der Waals surface area contributed by atoms with Crippen LogP contribution in [-0.2, 0) is 9.84 Å². The van der Waals surface area contributed by atoms with Crippen molar-refractivity contribution < 1.29 is 13.2 Å². The van der Waals surface area contributed by atoms with Crippen molar-refractivity contribution in [3.8, 4) is 0 Å². The topological polar surface area (TPSA) is 66.8 Å². The number of thioether (sulfide) groups is 1. The molecule has 1 amide bonds. The molecule has 0 saturated carbocycles. The second-order valence-electron chi connectivity index (χ2n) is 6.33. The molecular formula is C18H14Cl2N2O3S2. The molecule has 27 heavy (non-hydrogen) atoms. The number of fused-ring (bicyclic) bond motifs is 1. The van der Waals surface area contributed by atoms with E-state index in [2.05, 4.69) is 4.99 Å². The van der Waals surface area contributed by atoms with Gasteiger partial charge in [0.05, 0.1) is 28.3 Å². The lowest BCUT2D eigenvalue weighted by atomic mass is 10.2. The van der Waals surface area contributed by atoms with Crippen molar-refractivity contribution in [2.75, 3.05) is 16.4 Å². The van der Waals surface area contributed by atoms with E-state index in [-0.39, 0.29) is 28.7 Å². The average molecular weight is 441 g/mol. The number of rotatable bonds is 2. The number of hydrogen-bond donors (Lipinski definition) is 0. The molecule has 5 nitrogen and oxygen atoms in total. The Bertz CT molecular complexity index is 1040. The van der Waals surface area contributed by atoms with Crippen molar-refractivity contribution in [1.82, 2.24) is 0 Å². The monoisotopic (exact) mass is 440 g/mol. The zero-order valence-corrected chi connectivity index (χ0v) is 17.0. The standard InChI is InChI=1S/C18H14Cl2N2O3S2/c19-12-6-7-14(13(20)8-12)22-15-9-27(24,25)10-16(15)26-18(22)21-17(23)11-4-2-1-3-5-11/h1-8,15-16H,9-10H2/t15-,16-/m1/s1. The number of amidine groups is 1. The molecule has 0 radical (unpaired) electrons. The minimum Gasteiger partial charge on any atom is -0.314 e. The van der Waals surface area contributed by atoms with E-state index in [1.54, 1.807) is 47.4 Å². The first-order chi connectivity index (χ1) is 12.8. The minimum absolute atomic E-state index is 0.00215. The molecule has 2 aliphatic rings. The van der Waals surface area contributed by atoms with Crippen LogP contribution in [-0.4, -0.2) is 42.3 Å². The van der Waals surface area contributed by atoms with E-state index in [1.807, 2.05) is 6.07 Å². The molecule has 4 rings (SSSR count). The summed E-state index contributed by atoms with van der Waals surface area (Å²) in [6.07, 6.45) is 0. The van der Waals surface area contributed by atoms with Crippen LogP contribution in [0.1, 0.15) is 10.4 Å². The molecule has 2 heterocycles. The van der Waals surface area contributed by atoms with Gasteiger partial charge in [-0.15, -0.1) is 0 Å². The molecule has 0 aliphatic carbocycles. The number of hydrogen-bond acceptors (Lipinski definition) is 4. The third kappa shape index (κ3) is 3.74. The van der Waals surface area contributed by atoms with E-state index >= 15 is 0 Å². The SMILES string of the molecule is O=C(N=C1S[C@@H]2CS(=O)(=O)C[C@H]2N1c1ccc(Cl)cc1Cl)c1ccccc1. The van der Waals surface area contributed by atoms with Crippen LogP contribution in [0.2, 0.25) is 10.0 Å². The summed E-state index contributed by atoms with van der Waals surface area (Å²) in [7, 11) is -3.14. The van der Waals surface area contributed by atoms with Crippen LogP contribution in [0.3, 0.4) is 0 Å². The lowest BCUT2D eigenvalue weighted by Crippen LogP contribution is -2.37. The molecule has 0 N–H and O–H groups in total. The van der Waals surface area contributed by atoms with E-state index in [1.165, 1.54) is 11.8 Å². The van der Waals surface area contributed by atoms with Gasteiger partial charge >= 0.3 is 0 Å². The van der Waals surface area contributed by atoms with Crippen LogP contribution in [0.25, 0.3) is 0 Å². The van der Waals surface area contributed by atoms with E-state index < -0.39 is 9.84 Å². The Hall–Kier alpha value is -1.54. The average Bonchev–Trinajstić information content (AvgIpc) is 3.07. The second-order valence-corrected chi connectivity index (χ2v) is 10.5. The fourth-order valence-corrected chi connectivity index (χ4v) is 7.66. The first-order valence-electron chi connectivity index (χ1n) is 8.13.